The number of aromatic nitrogens is 2. The normalized spacial score (nSPS) is 16.2. The molecule has 1 aliphatic heterocycles. The van der Waals surface area contributed by atoms with Crippen LogP contribution in [0.1, 0.15) is 46.1 Å². The Bertz CT molecular complexity index is 1170. The number of hydrogen-bond acceptors (Lipinski definition) is 4. The minimum atomic E-state index is -4.46. The summed E-state index contributed by atoms with van der Waals surface area (Å²) < 4.78 is 51.5. The first-order chi connectivity index (χ1) is 15.7. The number of rotatable bonds is 5. The summed E-state index contributed by atoms with van der Waals surface area (Å²) in [6.45, 7) is 2.24. The molecule has 0 saturated carbocycles. The number of likely N-dealkylation sites (tertiary alicyclic amines) is 1. The first kappa shape index (κ1) is 22.7. The van der Waals surface area contributed by atoms with Gasteiger partial charge in [0.2, 0.25) is 0 Å². The largest absolute Gasteiger partial charge is 0.497 e. The van der Waals surface area contributed by atoms with E-state index in [0.29, 0.717) is 29.3 Å². The van der Waals surface area contributed by atoms with E-state index in [1.54, 1.807) is 32.1 Å². The molecule has 2 heterocycles. The Morgan fingerprint density at radius 2 is 1.91 bits per heavy atom. The molecule has 6 nitrogen and oxygen atoms in total. The highest BCUT2D eigenvalue weighted by Crippen LogP contribution is 2.39. The third-order valence-corrected chi connectivity index (χ3v) is 5.97. The minimum absolute atomic E-state index is 0.185. The van der Waals surface area contributed by atoms with Crippen molar-refractivity contribution in [3.05, 3.63) is 71.0 Å². The van der Waals surface area contributed by atoms with Crippen molar-refractivity contribution in [3.8, 4) is 17.2 Å². The molecule has 1 saturated heterocycles. The Hall–Kier alpha value is -3.49. The van der Waals surface area contributed by atoms with Gasteiger partial charge in [0.25, 0.3) is 5.91 Å². The van der Waals surface area contributed by atoms with Crippen molar-refractivity contribution in [1.82, 2.24) is 14.7 Å². The van der Waals surface area contributed by atoms with Crippen molar-refractivity contribution < 1.29 is 27.4 Å². The lowest BCUT2D eigenvalue weighted by molar-refractivity contribution is -0.137. The van der Waals surface area contributed by atoms with Crippen molar-refractivity contribution in [3.63, 3.8) is 0 Å². The lowest BCUT2D eigenvalue weighted by Gasteiger charge is -2.26. The number of ether oxygens (including phenoxy) is 2. The van der Waals surface area contributed by atoms with Crippen molar-refractivity contribution in [1.29, 1.82) is 0 Å². The highest BCUT2D eigenvalue weighted by atomic mass is 19.4. The molecule has 3 aromatic rings. The van der Waals surface area contributed by atoms with E-state index < -0.39 is 11.7 Å². The van der Waals surface area contributed by atoms with Crippen LogP contribution in [0.25, 0.3) is 5.69 Å². The Morgan fingerprint density at radius 1 is 1.12 bits per heavy atom. The lowest BCUT2D eigenvalue weighted by atomic mass is 10.0. The Balaban J connectivity index is 1.65. The van der Waals surface area contributed by atoms with Gasteiger partial charge in [0.15, 0.2) is 0 Å². The molecule has 0 bridgehead atoms. The van der Waals surface area contributed by atoms with E-state index in [1.165, 1.54) is 23.0 Å². The van der Waals surface area contributed by atoms with Crippen LogP contribution in [-0.4, -0.2) is 41.4 Å². The van der Waals surface area contributed by atoms with E-state index >= 15 is 0 Å². The van der Waals surface area contributed by atoms with Crippen LogP contribution in [0.5, 0.6) is 11.5 Å². The summed E-state index contributed by atoms with van der Waals surface area (Å²) in [5, 5.41) is 4.22. The Kier molecular flexibility index (Phi) is 6.05. The van der Waals surface area contributed by atoms with Gasteiger partial charge in [-0.25, -0.2) is 4.68 Å². The van der Waals surface area contributed by atoms with Crippen LogP contribution in [0.4, 0.5) is 13.2 Å². The molecular formula is C24H24F3N3O3. The predicted molar refractivity (Wildman–Crippen MR) is 116 cm³/mol. The van der Waals surface area contributed by atoms with Gasteiger partial charge in [-0.1, -0.05) is 6.07 Å². The summed E-state index contributed by atoms with van der Waals surface area (Å²) in [5.74, 6) is 1.08. The van der Waals surface area contributed by atoms with Crippen LogP contribution in [0, 0.1) is 6.92 Å². The molecule has 0 spiro atoms. The maximum absolute atomic E-state index is 13.5. The second kappa shape index (κ2) is 8.80. The van der Waals surface area contributed by atoms with E-state index in [4.69, 9.17) is 9.47 Å². The summed E-state index contributed by atoms with van der Waals surface area (Å²) in [5.41, 5.74) is 1.19. The second-order valence-corrected chi connectivity index (χ2v) is 7.87. The Labute approximate surface area is 189 Å². The first-order valence-electron chi connectivity index (χ1n) is 10.5. The summed E-state index contributed by atoms with van der Waals surface area (Å²) >= 11 is 0. The van der Waals surface area contributed by atoms with E-state index in [9.17, 15) is 18.0 Å². The summed E-state index contributed by atoms with van der Waals surface area (Å²) in [6, 6.07) is 10.2. The van der Waals surface area contributed by atoms with Crippen LogP contribution in [0.2, 0.25) is 0 Å². The standard InChI is InChI=1S/C24H24F3N3O3/c1-15-20(14-28-30(15)17-7-4-6-16(12-17)24(25,26)27)23(31)29-11-5-8-21(29)19-10-9-18(32-2)13-22(19)33-3/h4,6-7,9-10,12-14,21H,5,8,11H2,1-3H3. The molecule has 2 aromatic carbocycles. The number of nitrogens with zero attached hydrogens (tertiary/aromatic N) is 3. The second-order valence-electron chi connectivity index (χ2n) is 7.87. The summed E-state index contributed by atoms with van der Waals surface area (Å²) in [4.78, 5) is 15.2. The number of alkyl halides is 3. The maximum Gasteiger partial charge on any atom is 0.416 e. The lowest BCUT2D eigenvalue weighted by Crippen LogP contribution is -2.31. The van der Waals surface area contributed by atoms with Crippen LogP contribution in [0.15, 0.2) is 48.7 Å². The fourth-order valence-electron chi connectivity index (χ4n) is 4.28. The molecule has 33 heavy (non-hydrogen) atoms. The SMILES string of the molecule is COc1ccc(C2CCCN2C(=O)c2cnn(-c3cccc(C(F)(F)F)c3)c2C)c(OC)c1. The van der Waals surface area contributed by atoms with Crippen molar-refractivity contribution in [2.24, 2.45) is 0 Å². The average molecular weight is 459 g/mol. The van der Waals surface area contributed by atoms with Gasteiger partial charge in [-0.3, -0.25) is 4.79 Å². The van der Waals surface area contributed by atoms with Crippen LogP contribution in [-0.2, 0) is 6.18 Å². The first-order valence-corrected chi connectivity index (χ1v) is 10.5. The summed E-state index contributed by atoms with van der Waals surface area (Å²) in [6.07, 6.45) is -1.45. The van der Waals surface area contributed by atoms with Gasteiger partial charge in [0.05, 0.1) is 49.0 Å². The highest BCUT2D eigenvalue weighted by molar-refractivity contribution is 5.95. The fraction of sp³-hybridized carbons (Fsp3) is 0.333. The number of benzene rings is 2. The quantitative estimate of drug-likeness (QED) is 0.527. The van der Waals surface area contributed by atoms with E-state index in [1.807, 2.05) is 12.1 Å². The van der Waals surface area contributed by atoms with E-state index in [-0.39, 0.29) is 17.6 Å². The van der Waals surface area contributed by atoms with Gasteiger partial charge < -0.3 is 14.4 Å². The predicted octanol–water partition coefficient (Wildman–Crippen LogP) is 5.19. The number of carbonyl (C=O) groups is 1. The van der Waals surface area contributed by atoms with Gasteiger partial charge in [0, 0.05) is 18.2 Å². The van der Waals surface area contributed by atoms with Gasteiger partial charge in [-0.05, 0) is 50.1 Å². The van der Waals surface area contributed by atoms with Crippen LogP contribution < -0.4 is 9.47 Å². The molecule has 1 unspecified atom stereocenters. The number of amides is 1. The topological polar surface area (TPSA) is 56.6 Å². The highest BCUT2D eigenvalue weighted by Gasteiger charge is 2.34. The molecule has 174 valence electrons. The minimum Gasteiger partial charge on any atom is -0.497 e. The number of halogens is 3. The zero-order chi connectivity index (χ0) is 23.8. The third-order valence-electron chi connectivity index (χ3n) is 5.97. The molecule has 0 N–H and O–H groups in total. The molecule has 1 aromatic heterocycles. The zero-order valence-corrected chi connectivity index (χ0v) is 18.5. The van der Waals surface area contributed by atoms with Crippen molar-refractivity contribution in [2.75, 3.05) is 20.8 Å². The van der Waals surface area contributed by atoms with Gasteiger partial charge >= 0.3 is 6.18 Å². The molecule has 1 aliphatic rings. The molecule has 0 aliphatic carbocycles. The summed E-state index contributed by atoms with van der Waals surface area (Å²) in [7, 11) is 3.15. The van der Waals surface area contributed by atoms with Gasteiger partial charge in [0.1, 0.15) is 11.5 Å². The third kappa shape index (κ3) is 4.27. The molecule has 1 amide bonds. The Morgan fingerprint density at radius 3 is 2.61 bits per heavy atom. The van der Waals surface area contributed by atoms with E-state index in [2.05, 4.69) is 5.10 Å². The molecule has 4 rings (SSSR count). The van der Waals surface area contributed by atoms with E-state index in [0.717, 1.165) is 30.5 Å². The van der Waals surface area contributed by atoms with Gasteiger partial charge in [-0.2, -0.15) is 18.3 Å². The van der Waals surface area contributed by atoms with Crippen LogP contribution in [0.3, 0.4) is 0 Å². The molecular weight excluding hydrogens is 435 g/mol. The smallest absolute Gasteiger partial charge is 0.416 e. The fourth-order valence-corrected chi connectivity index (χ4v) is 4.28. The monoisotopic (exact) mass is 459 g/mol. The molecule has 0 radical (unpaired) electrons. The van der Waals surface area contributed by atoms with Crippen molar-refractivity contribution >= 4 is 5.91 Å². The zero-order valence-electron chi connectivity index (χ0n) is 18.5. The van der Waals surface area contributed by atoms with Crippen LogP contribution >= 0.6 is 0 Å². The van der Waals surface area contributed by atoms with Gasteiger partial charge in [-0.15, -0.1) is 0 Å². The number of hydrogen-bond donors (Lipinski definition) is 0. The maximum atomic E-state index is 13.5. The molecule has 1 fully saturated rings. The number of methoxy groups -OCH3 is 2. The molecule has 1 atom stereocenters. The average Bonchev–Trinajstić information content (AvgIpc) is 3.44. The van der Waals surface area contributed by atoms with Crippen molar-refractivity contribution in [2.45, 2.75) is 32.0 Å². The number of carbonyl (C=O) groups excluding carboxylic acids is 1. The molecule has 9 heteroatoms.